The Balaban J connectivity index is 1.47. The molecule has 1 N–H and O–H groups in total. The first-order valence-corrected chi connectivity index (χ1v) is 9.86. The molecule has 0 radical (unpaired) electrons. The molecule has 9 heteroatoms. The van der Waals surface area contributed by atoms with Crippen LogP contribution in [0.1, 0.15) is 5.56 Å². The summed E-state index contributed by atoms with van der Waals surface area (Å²) in [4.78, 5) is 12.9. The van der Waals surface area contributed by atoms with Crippen molar-refractivity contribution in [3.8, 4) is 23.0 Å². The number of benzene rings is 2. The summed E-state index contributed by atoms with van der Waals surface area (Å²) >= 11 is 0. The maximum atomic E-state index is 6.10. The molecule has 9 nitrogen and oxygen atoms in total. The molecule has 0 spiro atoms. The molecule has 0 aliphatic rings. The Morgan fingerprint density at radius 1 is 0.844 bits per heavy atom. The van der Waals surface area contributed by atoms with Gasteiger partial charge in [0.25, 0.3) is 0 Å². The van der Waals surface area contributed by atoms with Gasteiger partial charge in [0, 0.05) is 29.8 Å². The van der Waals surface area contributed by atoms with Gasteiger partial charge in [-0.25, -0.2) is 19.5 Å². The summed E-state index contributed by atoms with van der Waals surface area (Å²) in [5.41, 5.74) is 3.18. The van der Waals surface area contributed by atoms with E-state index in [1.165, 1.54) is 12.7 Å². The first kappa shape index (κ1) is 19.6. The van der Waals surface area contributed by atoms with Crippen LogP contribution in [-0.2, 0) is 0 Å². The van der Waals surface area contributed by atoms with E-state index in [4.69, 9.17) is 14.2 Å². The Morgan fingerprint density at radius 3 is 2.59 bits per heavy atom. The van der Waals surface area contributed by atoms with E-state index >= 15 is 0 Å². The molecule has 0 saturated heterocycles. The van der Waals surface area contributed by atoms with E-state index in [1.54, 1.807) is 24.9 Å². The Morgan fingerprint density at radius 2 is 1.75 bits per heavy atom. The highest BCUT2D eigenvalue weighted by atomic mass is 16.5. The second-order valence-electron chi connectivity index (χ2n) is 7.08. The van der Waals surface area contributed by atoms with Gasteiger partial charge in [0.2, 0.25) is 0 Å². The molecule has 2 aromatic carbocycles. The Kier molecular flexibility index (Phi) is 4.91. The van der Waals surface area contributed by atoms with E-state index in [-0.39, 0.29) is 0 Å². The molecule has 0 amide bonds. The first-order valence-electron chi connectivity index (χ1n) is 9.86. The zero-order valence-corrected chi connectivity index (χ0v) is 17.7. The Bertz CT molecular complexity index is 1430. The molecule has 0 saturated carbocycles. The fraction of sp³-hybridized carbons (Fsp3) is 0.130. The normalized spacial score (nSPS) is 11.0. The van der Waals surface area contributed by atoms with Crippen molar-refractivity contribution in [2.75, 3.05) is 19.5 Å². The second-order valence-corrected chi connectivity index (χ2v) is 7.08. The summed E-state index contributed by atoms with van der Waals surface area (Å²) < 4.78 is 18.7. The van der Waals surface area contributed by atoms with E-state index in [1.807, 2.05) is 49.4 Å². The summed E-state index contributed by atoms with van der Waals surface area (Å²) in [6.45, 7) is 1.97. The third kappa shape index (κ3) is 3.60. The van der Waals surface area contributed by atoms with Gasteiger partial charge in [-0.15, -0.1) is 0 Å². The van der Waals surface area contributed by atoms with Crippen LogP contribution in [0.15, 0.2) is 61.3 Å². The van der Waals surface area contributed by atoms with Crippen LogP contribution in [0.3, 0.4) is 0 Å². The number of anilines is 2. The lowest BCUT2D eigenvalue weighted by atomic mass is 10.1. The molecule has 160 valence electrons. The predicted octanol–water partition coefficient (Wildman–Crippen LogP) is 4.53. The van der Waals surface area contributed by atoms with Crippen LogP contribution in [0.4, 0.5) is 11.5 Å². The monoisotopic (exact) mass is 428 g/mol. The largest absolute Gasteiger partial charge is 0.497 e. The minimum atomic E-state index is 0.620. The Labute approximate surface area is 183 Å². The fourth-order valence-electron chi connectivity index (χ4n) is 3.42. The molecular formula is C23H20N6O3. The summed E-state index contributed by atoms with van der Waals surface area (Å²) in [5.74, 6) is 3.36. The number of aromatic nitrogens is 5. The van der Waals surface area contributed by atoms with Gasteiger partial charge in [-0.3, -0.25) is 0 Å². The maximum Gasteiger partial charge on any atom is 0.158 e. The quantitative estimate of drug-likeness (QED) is 0.421. The molecule has 0 aliphatic heterocycles. The van der Waals surface area contributed by atoms with Crippen molar-refractivity contribution in [2.45, 2.75) is 6.92 Å². The van der Waals surface area contributed by atoms with Crippen molar-refractivity contribution in [3.05, 3.63) is 66.9 Å². The number of aryl methyl sites for hydroxylation is 1. The highest BCUT2D eigenvalue weighted by molar-refractivity contribution is 5.92. The average molecular weight is 428 g/mol. The lowest BCUT2D eigenvalue weighted by Crippen LogP contribution is -2.00. The lowest BCUT2D eigenvalue weighted by molar-refractivity contribution is 0.410. The van der Waals surface area contributed by atoms with Crippen LogP contribution in [0.25, 0.3) is 16.6 Å². The number of fused-ring (bicyclic) bond motifs is 2. The smallest absolute Gasteiger partial charge is 0.158 e. The van der Waals surface area contributed by atoms with Crippen LogP contribution in [0, 0.1) is 6.92 Å². The van der Waals surface area contributed by atoms with Crippen LogP contribution < -0.4 is 19.5 Å². The molecule has 0 fully saturated rings. The van der Waals surface area contributed by atoms with E-state index in [0.717, 1.165) is 27.9 Å². The SMILES string of the molecule is COc1ccc2c(Nc3cc(C)c(Oc4ccn5ncnc5c4)cc3OC)ncnc2c1. The number of rotatable bonds is 6. The molecular weight excluding hydrogens is 408 g/mol. The highest BCUT2D eigenvalue weighted by Gasteiger charge is 2.13. The fourth-order valence-corrected chi connectivity index (χ4v) is 3.42. The lowest BCUT2D eigenvalue weighted by Gasteiger charge is -2.16. The first-order chi connectivity index (χ1) is 15.6. The number of nitrogens with one attached hydrogen (secondary N) is 1. The number of hydrogen-bond donors (Lipinski definition) is 1. The van der Waals surface area contributed by atoms with Gasteiger partial charge in [0.15, 0.2) is 5.65 Å². The third-order valence-electron chi connectivity index (χ3n) is 5.07. The van der Waals surface area contributed by atoms with Crippen molar-refractivity contribution in [3.63, 3.8) is 0 Å². The van der Waals surface area contributed by atoms with Crippen LogP contribution in [-0.4, -0.2) is 38.8 Å². The molecule has 0 bridgehead atoms. The van der Waals surface area contributed by atoms with Crippen molar-refractivity contribution in [1.29, 1.82) is 0 Å². The molecule has 3 aromatic heterocycles. The van der Waals surface area contributed by atoms with E-state index in [9.17, 15) is 0 Å². The predicted molar refractivity (Wildman–Crippen MR) is 120 cm³/mol. The van der Waals surface area contributed by atoms with Gasteiger partial charge in [0.05, 0.1) is 25.4 Å². The zero-order valence-electron chi connectivity index (χ0n) is 17.7. The summed E-state index contributed by atoms with van der Waals surface area (Å²) in [6, 6.07) is 13.1. The molecule has 5 rings (SSSR count). The number of methoxy groups -OCH3 is 2. The van der Waals surface area contributed by atoms with Gasteiger partial charge in [-0.05, 0) is 36.8 Å². The minimum Gasteiger partial charge on any atom is -0.497 e. The molecule has 0 unspecified atom stereocenters. The molecule has 3 heterocycles. The Hall–Kier alpha value is -4.40. The van der Waals surface area contributed by atoms with E-state index in [0.29, 0.717) is 28.7 Å². The number of ether oxygens (including phenoxy) is 3. The summed E-state index contributed by atoms with van der Waals surface area (Å²) in [7, 11) is 3.24. The van der Waals surface area contributed by atoms with Gasteiger partial charge < -0.3 is 19.5 Å². The van der Waals surface area contributed by atoms with Gasteiger partial charge in [0.1, 0.15) is 41.5 Å². The van der Waals surface area contributed by atoms with Gasteiger partial charge >= 0.3 is 0 Å². The van der Waals surface area contributed by atoms with Crippen LogP contribution in [0.5, 0.6) is 23.0 Å². The third-order valence-corrected chi connectivity index (χ3v) is 5.07. The van der Waals surface area contributed by atoms with Crippen molar-refractivity contribution in [1.82, 2.24) is 24.6 Å². The van der Waals surface area contributed by atoms with E-state index < -0.39 is 0 Å². The summed E-state index contributed by atoms with van der Waals surface area (Å²) in [5, 5.41) is 8.33. The van der Waals surface area contributed by atoms with Gasteiger partial charge in [-0.2, -0.15) is 5.10 Å². The molecule has 5 aromatic rings. The maximum absolute atomic E-state index is 6.10. The average Bonchev–Trinajstić information content (AvgIpc) is 3.28. The number of pyridine rings is 1. The topological polar surface area (TPSA) is 95.7 Å². The summed E-state index contributed by atoms with van der Waals surface area (Å²) in [6.07, 6.45) is 4.82. The molecule has 0 aliphatic carbocycles. The van der Waals surface area contributed by atoms with Crippen molar-refractivity contribution in [2.24, 2.45) is 0 Å². The molecule has 32 heavy (non-hydrogen) atoms. The highest BCUT2D eigenvalue weighted by Crippen LogP contribution is 2.37. The van der Waals surface area contributed by atoms with E-state index in [2.05, 4.69) is 25.4 Å². The van der Waals surface area contributed by atoms with Gasteiger partial charge in [-0.1, -0.05) is 0 Å². The van der Waals surface area contributed by atoms with Crippen LogP contribution in [0.2, 0.25) is 0 Å². The second kappa shape index (κ2) is 8.03. The molecule has 0 atom stereocenters. The number of hydrogen-bond acceptors (Lipinski definition) is 8. The zero-order chi connectivity index (χ0) is 22.1. The van der Waals surface area contributed by atoms with Crippen molar-refractivity contribution < 1.29 is 14.2 Å². The number of nitrogens with zero attached hydrogens (tertiary/aromatic N) is 5. The minimum absolute atomic E-state index is 0.620. The van der Waals surface area contributed by atoms with Crippen LogP contribution >= 0.6 is 0 Å². The standard InChI is InChI=1S/C23H20N6O3/c1-14-8-19(28-23-17-5-4-15(30-2)9-18(17)24-12-26-23)21(31-3)11-20(14)32-16-6-7-29-22(10-16)25-13-27-29/h4-13H,1-3H3,(H,24,26,28). The van der Waals surface area contributed by atoms with Crippen molar-refractivity contribution >= 4 is 28.1 Å².